The molecular weight excluding hydrogens is 194 g/mol. The van der Waals surface area contributed by atoms with E-state index >= 15 is 0 Å². The fourth-order valence-electron chi connectivity index (χ4n) is 1.76. The van der Waals surface area contributed by atoms with Crippen molar-refractivity contribution in [1.82, 2.24) is 5.32 Å². The van der Waals surface area contributed by atoms with Crippen molar-refractivity contribution >= 4 is 11.8 Å². The van der Waals surface area contributed by atoms with Crippen molar-refractivity contribution in [3.63, 3.8) is 0 Å². The number of amides is 2. The highest BCUT2D eigenvalue weighted by molar-refractivity contribution is 5.98. The van der Waals surface area contributed by atoms with E-state index in [1.807, 2.05) is 0 Å². The highest BCUT2D eigenvalue weighted by Gasteiger charge is 2.25. The predicted molar refractivity (Wildman–Crippen MR) is 53.2 cm³/mol. The summed E-state index contributed by atoms with van der Waals surface area (Å²) in [6.07, 6.45) is 0.660. The van der Waals surface area contributed by atoms with Gasteiger partial charge in [0.05, 0.1) is 0 Å². The number of carbonyl (C=O) groups excluding carboxylic acids is 2. The normalized spacial score (nSPS) is 17.6. The third-order valence-corrected chi connectivity index (χ3v) is 2.51. The highest BCUT2D eigenvalue weighted by Crippen LogP contribution is 2.27. The number of piperidine rings is 1. The Balaban J connectivity index is 2.19. The molecule has 1 aromatic rings. The molecule has 4 heteroatoms. The molecule has 0 spiro atoms. The Labute approximate surface area is 86.9 Å². The summed E-state index contributed by atoms with van der Waals surface area (Å²) in [4.78, 5) is 22.3. The minimum Gasteiger partial charge on any atom is -0.508 e. The van der Waals surface area contributed by atoms with Crippen molar-refractivity contribution in [3.05, 3.63) is 29.8 Å². The molecule has 0 aliphatic carbocycles. The highest BCUT2D eigenvalue weighted by atomic mass is 16.3. The summed E-state index contributed by atoms with van der Waals surface area (Å²) in [5, 5.41) is 11.4. The van der Waals surface area contributed by atoms with Gasteiger partial charge in [0, 0.05) is 18.8 Å². The second kappa shape index (κ2) is 3.73. The third-order valence-electron chi connectivity index (χ3n) is 2.51. The molecule has 2 N–H and O–H groups in total. The topological polar surface area (TPSA) is 66.4 Å². The number of carbonyl (C=O) groups is 2. The largest absolute Gasteiger partial charge is 0.508 e. The Hall–Kier alpha value is -1.84. The minimum absolute atomic E-state index is 0.0631. The molecule has 1 fully saturated rings. The molecule has 15 heavy (non-hydrogen) atoms. The van der Waals surface area contributed by atoms with Gasteiger partial charge in [-0.15, -0.1) is 0 Å². The lowest BCUT2D eigenvalue weighted by atomic mass is 9.89. The molecule has 1 aliphatic heterocycles. The maximum absolute atomic E-state index is 11.1. The molecule has 1 heterocycles. The van der Waals surface area contributed by atoms with Gasteiger partial charge in [0.1, 0.15) is 5.75 Å². The van der Waals surface area contributed by atoms with E-state index in [1.54, 1.807) is 24.3 Å². The average Bonchev–Trinajstić information content (AvgIpc) is 2.17. The van der Waals surface area contributed by atoms with Crippen molar-refractivity contribution in [2.75, 3.05) is 0 Å². The molecule has 0 atom stereocenters. The maximum atomic E-state index is 11.1. The van der Waals surface area contributed by atoms with Gasteiger partial charge in [-0.1, -0.05) is 12.1 Å². The van der Waals surface area contributed by atoms with Crippen molar-refractivity contribution in [2.45, 2.75) is 18.8 Å². The standard InChI is InChI=1S/C11H11NO3/c13-9-3-1-7(2-4-9)8-5-10(14)12-11(15)6-8/h1-4,8,13H,5-6H2,(H,12,14,15). The Kier molecular flexibility index (Phi) is 2.41. The summed E-state index contributed by atoms with van der Waals surface area (Å²) >= 11 is 0. The molecule has 2 rings (SSSR count). The average molecular weight is 205 g/mol. The molecule has 1 aliphatic rings. The van der Waals surface area contributed by atoms with E-state index in [1.165, 1.54) is 0 Å². The van der Waals surface area contributed by atoms with Crippen LogP contribution in [0.4, 0.5) is 0 Å². The lowest BCUT2D eigenvalue weighted by Gasteiger charge is -2.20. The van der Waals surface area contributed by atoms with Gasteiger partial charge in [0.25, 0.3) is 0 Å². The van der Waals surface area contributed by atoms with Crippen LogP contribution in [-0.4, -0.2) is 16.9 Å². The van der Waals surface area contributed by atoms with Crippen LogP contribution in [-0.2, 0) is 9.59 Å². The first-order chi connectivity index (χ1) is 7.15. The molecule has 1 saturated heterocycles. The second-order valence-electron chi connectivity index (χ2n) is 3.67. The Morgan fingerprint density at radius 3 is 2.13 bits per heavy atom. The number of rotatable bonds is 1. The molecule has 0 radical (unpaired) electrons. The van der Waals surface area contributed by atoms with E-state index in [-0.39, 0.29) is 23.5 Å². The van der Waals surface area contributed by atoms with Gasteiger partial charge in [-0.25, -0.2) is 0 Å². The summed E-state index contributed by atoms with van der Waals surface area (Å²) in [7, 11) is 0. The number of aromatic hydroxyl groups is 1. The van der Waals surface area contributed by atoms with Crippen molar-refractivity contribution < 1.29 is 14.7 Å². The van der Waals surface area contributed by atoms with Gasteiger partial charge in [0.2, 0.25) is 11.8 Å². The number of benzene rings is 1. The van der Waals surface area contributed by atoms with E-state index in [4.69, 9.17) is 5.11 Å². The lowest BCUT2D eigenvalue weighted by Crippen LogP contribution is -2.37. The van der Waals surface area contributed by atoms with Gasteiger partial charge in [-0.3, -0.25) is 14.9 Å². The van der Waals surface area contributed by atoms with Crippen molar-refractivity contribution in [3.8, 4) is 5.75 Å². The van der Waals surface area contributed by atoms with Gasteiger partial charge in [-0.2, -0.15) is 0 Å². The van der Waals surface area contributed by atoms with E-state index < -0.39 is 0 Å². The maximum Gasteiger partial charge on any atom is 0.227 e. The predicted octanol–water partition coefficient (Wildman–Crippen LogP) is 0.912. The molecular formula is C11H11NO3. The number of hydrogen-bond acceptors (Lipinski definition) is 3. The molecule has 0 bridgehead atoms. The summed E-state index contributed by atoms with van der Waals surface area (Å²) in [5.74, 6) is -0.342. The summed E-state index contributed by atoms with van der Waals surface area (Å²) in [6.45, 7) is 0. The van der Waals surface area contributed by atoms with Gasteiger partial charge < -0.3 is 5.11 Å². The van der Waals surface area contributed by atoms with Crippen LogP contribution in [0.3, 0.4) is 0 Å². The van der Waals surface area contributed by atoms with E-state index in [2.05, 4.69) is 5.32 Å². The van der Waals surface area contributed by atoms with Crippen LogP contribution >= 0.6 is 0 Å². The van der Waals surface area contributed by atoms with Crippen LogP contribution in [0.5, 0.6) is 5.75 Å². The van der Waals surface area contributed by atoms with Crippen LogP contribution in [0, 0.1) is 0 Å². The summed E-state index contributed by atoms with van der Waals surface area (Å²) in [6, 6.07) is 6.61. The summed E-state index contributed by atoms with van der Waals surface area (Å²) < 4.78 is 0. The smallest absolute Gasteiger partial charge is 0.227 e. The SMILES string of the molecule is O=C1CC(c2ccc(O)cc2)CC(=O)N1. The Bertz CT molecular complexity index is 381. The first-order valence-corrected chi connectivity index (χ1v) is 4.77. The monoisotopic (exact) mass is 205 g/mol. The van der Waals surface area contributed by atoms with Crippen molar-refractivity contribution in [1.29, 1.82) is 0 Å². The number of hydrogen-bond donors (Lipinski definition) is 2. The quantitative estimate of drug-likeness (QED) is 0.670. The molecule has 4 nitrogen and oxygen atoms in total. The Morgan fingerprint density at radius 2 is 1.60 bits per heavy atom. The molecule has 0 aromatic heterocycles. The molecule has 78 valence electrons. The van der Waals surface area contributed by atoms with E-state index in [9.17, 15) is 9.59 Å². The van der Waals surface area contributed by atoms with Gasteiger partial charge >= 0.3 is 0 Å². The zero-order chi connectivity index (χ0) is 10.8. The number of nitrogens with one attached hydrogen (secondary N) is 1. The third kappa shape index (κ3) is 2.15. The molecule has 0 unspecified atom stereocenters. The van der Waals surface area contributed by atoms with Gasteiger partial charge in [-0.05, 0) is 17.7 Å². The van der Waals surface area contributed by atoms with Crippen LogP contribution in [0.25, 0.3) is 0 Å². The first-order valence-electron chi connectivity index (χ1n) is 4.77. The molecule has 1 aromatic carbocycles. The fraction of sp³-hybridized carbons (Fsp3) is 0.273. The molecule has 2 amide bonds. The van der Waals surface area contributed by atoms with Crippen molar-refractivity contribution in [2.24, 2.45) is 0 Å². The van der Waals surface area contributed by atoms with Gasteiger partial charge in [0.15, 0.2) is 0 Å². The van der Waals surface area contributed by atoms with Crippen LogP contribution in [0.2, 0.25) is 0 Å². The van der Waals surface area contributed by atoms with Crippen LogP contribution < -0.4 is 5.32 Å². The fourth-order valence-corrected chi connectivity index (χ4v) is 1.76. The number of phenols is 1. The molecule has 0 saturated carbocycles. The minimum atomic E-state index is -0.232. The second-order valence-corrected chi connectivity index (χ2v) is 3.67. The zero-order valence-electron chi connectivity index (χ0n) is 8.06. The van der Waals surface area contributed by atoms with E-state index in [0.29, 0.717) is 12.8 Å². The zero-order valence-corrected chi connectivity index (χ0v) is 8.06. The Morgan fingerprint density at radius 1 is 1.07 bits per heavy atom. The van der Waals surface area contributed by atoms with Crippen LogP contribution in [0.15, 0.2) is 24.3 Å². The van der Waals surface area contributed by atoms with Crippen LogP contribution in [0.1, 0.15) is 24.3 Å². The number of imide groups is 1. The lowest BCUT2D eigenvalue weighted by molar-refractivity contribution is -0.133. The first kappa shape index (κ1) is 9.71. The summed E-state index contributed by atoms with van der Waals surface area (Å²) in [5.41, 5.74) is 0.913. The van der Waals surface area contributed by atoms with E-state index in [0.717, 1.165) is 5.56 Å². The number of phenolic OH excluding ortho intramolecular Hbond substituents is 1.